The van der Waals surface area contributed by atoms with Crippen LogP contribution in [-0.2, 0) is 14.2 Å². The van der Waals surface area contributed by atoms with E-state index in [0.717, 1.165) is 63.2 Å². The molecule has 1 N–H and O–H groups in total. The van der Waals surface area contributed by atoms with Crippen molar-refractivity contribution in [1.29, 1.82) is 0 Å². The van der Waals surface area contributed by atoms with Gasteiger partial charge in [-0.05, 0) is 57.1 Å². The molecule has 0 aromatic rings. The summed E-state index contributed by atoms with van der Waals surface area (Å²) in [4.78, 5) is 2.64. The average Bonchev–Trinajstić information content (AvgIpc) is 3.41. The van der Waals surface area contributed by atoms with Crippen LogP contribution in [0.5, 0.6) is 0 Å². The Hall–Kier alpha value is -0.880. The van der Waals surface area contributed by atoms with E-state index < -0.39 is 11.4 Å². The van der Waals surface area contributed by atoms with Crippen molar-refractivity contribution < 1.29 is 19.3 Å². The molecule has 2 saturated heterocycles. The SMILES string of the molecule is COC1=CCC2=C(C1)[C@]13CCN(CC4CC4)C(C2)[C@]1(O)CCC1(C3)OCCO1. The number of nitrogens with zero attached hydrogens (tertiary/aromatic N) is 1. The lowest BCUT2D eigenvalue weighted by molar-refractivity contribution is -0.273. The van der Waals surface area contributed by atoms with E-state index in [2.05, 4.69) is 11.0 Å². The van der Waals surface area contributed by atoms with Crippen LogP contribution >= 0.6 is 0 Å². The van der Waals surface area contributed by atoms with Crippen LogP contribution in [-0.4, -0.2) is 60.8 Å². The van der Waals surface area contributed by atoms with Gasteiger partial charge >= 0.3 is 0 Å². The zero-order chi connectivity index (χ0) is 19.0. The molecule has 154 valence electrons. The second-order valence-corrected chi connectivity index (χ2v) is 10.0. The standard InChI is InChI=1S/C23H33NO4/c1-26-18-5-4-17-12-20-23(25)7-6-22(27-10-11-28-22)15-21(23,19(17)13-18)8-9-24(20)14-16-2-3-16/h5,16,20,25H,2-4,6-15H2,1H3/t20?,21-,23-/m1/s1. The van der Waals surface area contributed by atoms with E-state index in [0.29, 0.717) is 13.2 Å². The molecule has 28 heavy (non-hydrogen) atoms. The fraction of sp³-hybridized carbons (Fsp3) is 0.826. The van der Waals surface area contributed by atoms with Crippen LogP contribution in [0.4, 0.5) is 0 Å². The zero-order valence-electron chi connectivity index (χ0n) is 17.0. The van der Waals surface area contributed by atoms with Crippen LogP contribution in [0.1, 0.15) is 57.8 Å². The number of hydrogen-bond acceptors (Lipinski definition) is 5. The fourth-order valence-corrected chi connectivity index (χ4v) is 7.15. The third-order valence-electron chi connectivity index (χ3n) is 8.74. The molecular weight excluding hydrogens is 354 g/mol. The van der Waals surface area contributed by atoms with Crippen LogP contribution in [0.25, 0.3) is 0 Å². The van der Waals surface area contributed by atoms with Crippen LogP contribution < -0.4 is 0 Å². The number of methoxy groups -OCH3 is 1. The van der Waals surface area contributed by atoms with Gasteiger partial charge in [-0.3, -0.25) is 4.90 Å². The maximum Gasteiger partial charge on any atom is 0.169 e. The van der Waals surface area contributed by atoms with Gasteiger partial charge < -0.3 is 19.3 Å². The highest BCUT2D eigenvalue weighted by molar-refractivity contribution is 5.42. The maximum absolute atomic E-state index is 12.4. The molecule has 0 aromatic heterocycles. The zero-order valence-corrected chi connectivity index (χ0v) is 17.0. The van der Waals surface area contributed by atoms with Gasteiger partial charge in [-0.2, -0.15) is 0 Å². The van der Waals surface area contributed by atoms with Gasteiger partial charge in [0.2, 0.25) is 0 Å². The maximum atomic E-state index is 12.4. The normalized spacial score (nSPS) is 42.2. The Bertz CT molecular complexity index is 735. The third kappa shape index (κ3) is 2.39. The predicted octanol–water partition coefficient (Wildman–Crippen LogP) is 3.14. The fourth-order valence-electron chi connectivity index (χ4n) is 7.15. The lowest BCUT2D eigenvalue weighted by atomic mass is 9.47. The minimum atomic E-state index is -0.671. The number of hydrogen-bond donors (Lipinski definition) is 1. The van der Waals surface area contributed by atoms with Gasteiger partial charge in [0.1, 0.15) is 0 Å². The molecule has 2 aliphatic heterocycles. The molecule has 4 fully saturated rings. The quantitative estimate of drug-likeness (QED) is 0.754. The van der Waals surface area contributed by atoms with E-state index in [4.69, 9.17) is 14.2 Å². The summed E-state index contributed by atoms with van der Waals surface area (Å²) in [6.45, 7) is 3.62. The van der Waals surface area contributed by atoms with E-state index in [-0.39, 0.29) is 11.5 Å². The van der Waals surface area contributed by atoms with E-state index in [1.165, 1.54) is 25.0 Å². The minimum Gasteiger partial charge on any atom is -0.501 e. The van der Waals surface area contributed by atoms with Gasteiger partial charge in [0, 0.05) is 37.3 Å². The topological polar surface area (TPSA) is 51.2 Å². The molecule has 1 unspecified atom stereocenters. The smallest absolute Gasteiger partial charge is 0.169 e. The largest absolute Gasteiger partial charge is 0.501 e. The molecule has 2 heterocycles. The molecule has 1 spiro atoms. The summed E-state index contributed by atoms with van der Waals surface area (Å²) in [5.41, 5.74) is 2.10. The van der Waals surface area contributed by atoms with Crippen LogP contribution in [0.3, 0.4) is 0 Å². The first-order valence-electron chi connectivity index (χ1n) is 11.3. The van der Waals surface area contributed by atoms with Crippen molar-refractivity contribution in [2.45, 2.75) is 75.2 Å². The first-order valence-corrected chi connectivity index (χ1v) is 11.3. The molecule has 6 rings (SSSR count). The monoisotopic (exact) mass is 387 g/mol. The van der Waals surface area contributed by atoms with E-state index in [1.807, 2.05) is 0 Å². The van der Waals surface area contributed by atoms with Gasteiger partial charge in [0.15, 0.2) is 5.79 Å². The van der Waals surface area contributed by atoms with Gasteiger partial charge in [-0.15, -0.1) is 0 Å². The van der Waals surface area contributed by atoms with Crippen LogP contribution in [0.15, 0.2) is 23.0 Å². The van der Waals surface area contributed by atoms with Crippen molar-refractivity contribution in [2.75, 3.05) is 33.4 Å². The average molecular weight is 388 g/mol. The molecule has 0 amide bonds. The van der Waals surface area contributed by atoms with E-state index >= 15 is 0 Å². The van der Waals surface area contributed by atoms with Gasteiger partial charge in [0.25, 0.3) is 0 Å². The Balaban J connectivity index is 1.43. The Morgan fingerprint density at radius 1 is 1.21 bits per heavy atom. The summed E-state index contributed by atoms with van der Waals surface area (Å²) in [7, 11) is 1.77. The third-order valence-corrected chi connectivity index (χ3v) is 8.74. The summed E-state index contributed by atoms with van der Waals surface area (Å²) in [5.74, 6) is 1.43. The molecular formula is C23H33NO4. The highest BCUT2D eigenvalue weighted by Gasteiger charge is 2.68. The molecule has 5 heteroatoms. The highest BCUT2D eigenvalue weighted by atomic mass is 16.7. The second kappa shape index (κ2) is 6.07. The van der Waals surface area contributed by atoms with Crippen LogP contribution in [0, 0.1) is 11.3 Å². The Morgan fingerprint density at radius 3 is 2.79 bits per heavy atom. The number of rotatable bonds is 3. The van der Waals surface area contributed by atoms with Crippen molar-refractivity contribution in [3.63, 3.8) is 0 Å². The van der Waals surface area contributed by atoms with Crippen molar-refractivity contribution in [1.82, 2.24) is 4.90 Å². The van der Waals surface area contributed by atoms with Crippen molar-refractivity contribution in [2.24, 2.45) is 11.3 Å². The van der Waals surface area contributed by atoms with Gasteiger partial charge in [0.05, 0.1) is 31.7 Å². The molecule has 6 aliphatic rings. The summed E-state index contributed by atoms with van der Waals surface area (Å²) < 4.78 is 18.0. The highest BCUT2D eigenvalue weighted by Crippen LogP contribution is 2.65. The van der Waals surface area contributed by atoms with E-state index in [9.17, 15) is 5.11 Å². The number of aliphatic hydroxyl groups is 1. The summed E-state index contributed by atoms with van der Waals surface area (Å²) in [5, 5.41) is 12.4. The molecule has 2 bridgehead atoms. The second-order valence-electron chi connectivity index (χ2n) is 10.0. The molecule has 0 aromatic carbocycles. The summed E-state index contributed by atoms with van der Waals surface area (Å²) >= 11 is 0. The van der Waals surface area contributed by atoms with Crippen molar-refractivity contribution >= 4 is 0 Å². The van der Waals surface area contributed by atoms with Gasteiger partial charge in [-0.25, -0.2) is 0 Å². The lowest BCUT2D eigenvalue weighted by Crippen LogP contribution is -2.73. The van der Waals surface area contributed by atoms with Crippen molar-refractivity contribution in [3.8, 4) is 0 Å². The molecule has 4 aliphatic carbocycles. The number of piperidine rings is 1. The molecule has 2 saturated carbocycles. The van der Waals surface area contributed by atoms with Crippen LogP contribution in [0.2, 0.25) is 0 Å². The molecule has 0 radical (unpaired) electrons. The lowest BCUT2D eigenvalue weighted by Gasteiger charge is -2.66. The van der Waals surface area contributed by atoms with Gasteiger partial charge in [-0.1, -0.05) is 11.1 Å². The summed E-state index contributed by atoms with van der Waals surface area (Å²) in [6.07, 6.45) is 11.2. The minimum absolute atomic E-state index is 0.230. The Kier molecular flexibility index (Phi) is 3.89. The molecule has 3 atom stereocenters. The Labute approximate surface area is 167 Å². The summed E-state index contributed by atoms with van der Waals surface area (Å²) in [6, 6.07) is 0.247. The number of ether oxygens (including phenoxy) is 3. The first-order chi connectivity index (χ1) is 13.6. The first kappa shape index (κ1) is 17.9. The number of allylic oxidation sites excluding steroid dienone is 2. The number of likely N-dealkylation sites (tertiary alicyclic amines) is 1. The van der Waals surface area contributed by atoms with Crippen molar-refractivity contribution in [3.05, 3.63) is 23.0 Å². The van der Waals surface area contributed by atoms with E-state index in [1.54, 1.807) is 12.7 Å². The molecule has 5 nitrogen and oxygen atoms in total. The Morgan fingerprint density at radius 2 is 2.04 bits per heavy atom. The predicted molar refractivity (Wildman–Crippen MR) is 105 cm³/mol.